The zero-order valence-electron chi connectivity index (χ0n) is 10.2. The molecule has 0 amide bonds. The van der Waals surface area contributed by atoms with Crippen LogP contribution in [0.25, 0.3) is 0 Å². The fourth-order valence-corrected chi connectivity index (χ4v) is 4.57. The molecule has 0 aromatic carbocycles. The highest BCUT2D eigenvalue weighted by atomic mass is 28.4. The molecule has 0 aliphatic carbocycles. The maximum Gasteiger partial charge on any atom is 0.505 e. The van der Waals surface area contributed by atoms with Gasteiger partial charge in [0, 0.05) is 12.5 Å². The summed E-state index contributed by atoms with van der Waals surface area (Å²) >= 11 is 0. The van der Waals surface area contributed by atoms with Crippen LogP contribution in [0.5, 0.6) is 0 Å². The number of carbonyl (C=O) groups excluding carboxylic acids is 2. The molecule has 0 spiro atoms. The molecule has 0 aromatic heterocycles. The van der Waals surface area contributed by atoms with E-state index in [0.29, 0.717) is 13.2 Å². The predicted molar refractivity (Wildman–Crippen MR) is 60.3 cm³/mol. The SMILES string of the molecule is CC(=O)C(=O)CNC12CO[Si](C(C)C)(OC1)O2. The Labute approximate surface area is 101 Å². The molecule has 0 radical (unpaired) electrons. The van der Waals surface area contributed by atoms with Crippen molar-refractivity contribution in [3.63, 3.8) is 0 Å². The van der Waals surface area contributed by atoms with Gasteiger partial charge in [0.1, 0.15) is 0 Å². The topological polar surface area (TPSA) is 73.9 Å². The molecule has 2 aliphatic rings. The van der Waals surface area contributed by atoms with Gasteiger partial charge in [0.15, 0.2) is 11.5 Å². The zero-order valence-corrected chi connectivity index (χ0v) is 11.2. The van der Waals surface area contributed by atoms with Crippen molar-refractivity contribution in [1.82, 2.24) is 5.32 Å². The van der Waals surface area contributed by atoms with E-state index in [1.54, 1.807) is 0 Å². The van der Waals surface area contributed by atoms with Crippen molar-refractivity contribution in [2.75, 3.05) is 19.8 Å². The summed E-state index contributed by atoms with van der Waals surface area (Å²) in [5, 5.41) is 2.94. The van der Waals surface area contributed by atoms with Crippen LogP contribution in [0.2, 0.25) is 5.54 Å². The van der Waals surface area contributed by atoms with Gasteiger partial charge in [0.05, 0.1) is 19.8 Å². The second kappa shape index (κ2) is 4.25. The summed E-state index contributed by atoms with van der Waals surface area (Å²) in [7, 11) is -2.54. The van der Waals surface area contributed by atoms with Crippen LogP contribution < -0.4 is 5.32 Å². The molecule has 7 heteroatoms. The van der Waals surface area contributed by atoms with Crippen molar-refractivity contribution >= 4 is 20.4 Å². The van der Waals surface area contributed by atoms with E-state index in [1.807, 2.05) is 13.8 Å². The fourth-order valence-electron chi connectivity index (χ4n) is 1.86. The largest absolute Gasteiger partial charge is 0.505 e. The summed E-state index contributed by atoms with van der Waals surface area (Å²) in [4.78, 5) is 22.1. The van der Waals surface area contributed by atoms with Crippen molar-refractivity contribution in [3.8, 4) is 0 Å². The van der Waals surface area contributed by atoms with Gasteiger partial charge in [-0.05, 0) is 0 Å². The first kappa shape index (κ1) is 12.8. The fraction of sp³-hybridized carbons (Fsp3) is 0.800. The summed E-state index contributed by atoms with van der Waals surface area (Å²) in [6.07, 6.45) is 0. The van der Waals surface area contributed by atoms with Gasteiger partial charge < -0.3 is 13.3 Å². The number of nitrogens with one attached hydrogen (secondary N) is 1. The number of carbonyl (C=O) groups is 2. The molecule has 2 bridgehead atoms. The van der Waals surface area contributed by atoms with Crippen molar-refractivity contribution in [2.24, 2.45) is 0 Å². The standard InChI is InChI=1S/C10H17NO5Si/c1-7(2)17-14-5-10(16-17,6-15-17)11-4-9(13)8(3)12/h7,11H,4-6H2,1-3H3. The maximum absolute atomic E-state index is 11.2. The summed E-state index contributed by atoms with van der Waals surface area (Å²) in [5.41, 5.74) is -0.543. The smallest absolute Gasteiger partial charge is 0.369 e. The number of fused-ring (bicyclic) bond motifs is 2. The average Bonchev–Trinajstić information content (AvgIpc) is 2.83. The summed E-state index contributed by atoms with van der Waals surface area (Å²) in [6, 6.07) is 0. The van der Waals surface area contributed by atoms with E-state index in [9.17, 15) is 9.59 Å². The average molecular weight is 259 g/mol. The van der Waals surface area contributed by atoms with Crippen LogP contribution >= 0.6 is 0 Å². The number of rotatable bonds is 5. The Hall–Kier alpha value is -0.603. The van der Waals surface area contributed by atoms with Crippen LogP contribution in [0.15, 0.2) is 0 Å². The van der Waals surface area contributed by atoms with E-state index in [0.717, 1.165) is 0 Å². The first-order valence-electron chi connectivity index (χ1n) is 5.66. The first-order valence-corrected chi connectivity index (χ1v) is 7.46. The minimum Gasteiger partial charge on any atom is -0.369 e. The molecule has 2 aliphatic heterocycles. The predicted octanol–water partition coefficient (Wildman–Crippen LogP) is -0.144. The van der Waals surface area contributed by atoms with Crippen LogP contribution in [0.3, 0.4) is 0 Å². The normalized spacial score (nSPS) is 35.5. The van der Waals surface area contributed by atoms with Gasteiger partial charge in [-0.1, -0.05) is 13.8 Å². The summed E-state index contributed by atoms with van der Waals surface area (Å²) in [6.45, 7) is 5.96. The van der Waals surface area contributed by atoms with Crippen molar-refractivity contribution in [2.45, 2.75) is 32.0 Å². The molecule has 2 fully saturated rings. The van der Waals surface area contributed by atoms with Gasteiger partial charge in [-0.2, -0.15) is 0 Å². The van der Waals surface area contributed by atoms with E-state index in [1.165, 1.54) is 6.92 Å². The minimum atomic E-state index is -2.54. The van der Waals surface area contributed by atoms with Crippen molar-refractivity contribution in [1.29, 1.82) is 0 Å². The van der Waals surface area contributed by atoms with Crippen molar-refractivity contribution < 1.29 is 22.9 Å². The van der Waals surface area contributed by atoms with Gasteiger partial charge in [-0.15, -0.1) is 0 Å². The molecule has 0 atom stereocenters. The molecule has 2 saturated heterocycles. The molecule has 2 rings (SSSR count). The van der Waals surface area contributed by atoms with E-state index in [2.05, 4.69) is 5.32 Å². The summed E-state index contributed by atoms with van der Waals surface area (Å²) in [5.74, 6) is -0.919. The lowest BCUT2D eigenvalue weighted by Gasteiger charge is -2.25. The number of ketones is 2. The Morgan fingerprint density at radius 3 is 2.35 bits per heavy atom. The third-order valence-electron chi connectivity index (χ3n) is 3.02. The molecule has 17 heavy (non-hydrogen) atoms. The molecule has 0 unspecified atom stereocenters. The highest BCUT2D eigenvalue weighted by Gasteiger charge is 2.64. The van der Waals surface area contributed by atoms with Crippen LogP contribution in [0.1, 0.15) is 20.8 Å². The van der Waals surface area contributed by atoms with Gasteiger partial charge >= 0.3 is 8.80 Å². The second-order valence-electron chi connectivity index (χ2n) is 4.76. The van der Waals surface area contributed by atoms with E-state index < -0.39 is 26.1 Å². The Bertz CT molecular complexity index is 349. The Morgan fingerprint density at radius 1 is 1.35 bits per heavy atom. The zero-order chi connectivity index (χ0) is 12.7. The van der Waals surface area contributed by atoms with E-state index >= 15 is 0 Å². The third kappa shape index (κ3) is 2.21. The minimum absolute atomic E-state index is 0.0371. The number of Topliss-reactive ketones (excluding diaryl/α,β-unsaturated/α-hetero) is 2. The lowest BCUT2D eigenvalue weighted by molar-refractivity contribution is -0.135. The van der Waals surface area contributed by atoms with Gasteiger partial charge in [-0.3, -0.25) is 14.9 Å². The lowest BCUT2D eigenvalue weighted by atomic mass is 10.2. The molecule has 2 heterocycles. The molecular formula is C10H17NO5Si. The van der Waals surface area contributed by atoms with E-state index in [-0.39, 0.29) is 12.1 Å². The molecule has 6 nitrogen and oxygen atoms in total. The monoisotopic (exact) mass is 259 g/mol. The maximum atomic E-state index is 11.2. The highest BCUT2D eigenvalue weighted by molar-refractivity contribution is 6.63. The highest BCUT2D eigenvalue weighted by Crippen LogP contribution is 2.41. The van der Waals surface area contributed by atoms with Crippen LogP contribution in [0, 0.1) is 0 Å². The molecular weight excluding hydrogens is 242 g/mol. The van der Waals surface area contributed by atoms with Gasteiger partial charge in [0.25, 0.3) is 0 Å². The van der Waals surface area contributed by atoms with Crippen LogP contribution in [-0.2, 0) is 22.9 Å². The molecule has 0 saturated carbocycles. The van der Waals surface area contributed by atoms with Gasteiger partial charge in [0.2, 0.25) is 5.78 Å². The Kier molecular flexibility index (Phi) is 3.21. The quantitative estimate of drug-likeness (QED) is 0.547. The Morgan fingerprint density at radius 2 is 1.94 bits per heavy atom. The lowest BCUT2D eigenvalue weighted by Crippen LogP contribution is -2.51. The number of hydrogen-bond donors (Lipinski definition) is 1. The van der Waals surface area contributed by atoms with Crippen molar-refractivity contribution in [3.05, 3.63) is 0 Å². The Balaban J connectivity index is 1.96. The third-order valence-corrected chi connectivity index (χ3v) is 6.20. The number of hydrogen-bond acceptors (Lipinski definition) is 6. The van der Waals surface area contributed by atoms with E-state index in [4.69, 9.17) is 13.3 Å². The van der Waals surface area contributed by atoms with Crippen LogP contribution in [0.4, 0.5) is 0 Å². The molecule has 96 valence electrons. The first-order chi connectivity index (χ1) is 7.89. The second-order valence-corrected chi connectivity index (χ2v) is 7.91. The molecule has 1 N–H and O–H groups in total. The van der Waals surface area contributed by atoms with Gasteiger partial charge in [-0.25, -0.2) is 0 Å². The molecule has 0 aromatic rings. The summed E-state index contributed by atoms with van der Waals surface area (Å²) < 4.78 is 17.1. The van der Waals surface area contributed by atoms with Crippen LogP contribution in [-0.4, -0.2) is 45.9 Å².